The Morgan fingerprint density at radius 3 is 2.76 bits per heavy atom. The predicted octanol–water partition coefficient (Wildman–Crippen LogP) is 2.93. The standard InChI is InChI=1S/C15H19NO/c1-11-9-16(15(17)12-6-4-7-12)10-13-5-2-3-8-14(11)13/h2-3,5,8,11-12H,4,6-7,9-10H2,1H3. The van der Waals surface area contributed by atoms with Gasteiger partial charge in [-0.2, -0.15) is 0 Å². The highest BCUT2D eigenvalue weighted by Gasteiger charge is 2.32. The number of carbonyl (C=O) groups excluding carboxylic acids is 1. The van der Waals surface area contributed by atoms with Gasteiger partial charge in [-0.3, -0.25) is 4.79 Å². The molecule has 0 N–H and O–H groups in total. The number of fused-ring (bicyclic) bond motifs is 1. The van der Waals surface area contributed by atoms with E-state index >= 15 is 0 Å². The van der Waals surface area contributed by atoms with Gasteiger partial charge in [-0.05, 0) is 29.9 Å². The minimum atomic E-state index is 0.326. The lowest BCUT2D eigenvalue weighted by atomic mass is 9.83. The van der Waals surface area contributed by atoms with Crippen LogP contribution in [0.15, 0.2) is 24.3 Å². The maximum atomic E-state index is 12.3. The molecule has 1 fully saturated rings. The highest BCUT2D eigenvalue weighted by atomic mass is 16.2. The molecule has 0 radical (unpaired) electrons. The second-order valence-corrected chi connectivity index (χ2v) is 5.45. The molecule has 1 aromatic carbocycles. The Balaban J connectivity index is 1.80. The van der Waals surface area contributed by atoms with E-state index in [1.807, 2.05) is 0 Å². The Hall–Kier alpha value is -1.31. The number of benzene rings is 1. The van der Waals surface area contributed by atoms with Gasteiger partial charge in [-0.15, -0.1) is 0 Å². The van der Waals surface area contributed by atoms with Crippen molar-refractivity contribution in [1.29, 1.82) is 0 Å². The number of rotatable bonds is 1. The van der Waals surface area contributed by atoms with Gasteiger partial charge in [0.05, 0.1) is 0 Å². The van der Waals surface area contributed by atoms with E-state index in [2.05, 4.69) is 36.1 Å². The Labute approximate surface area is 103 Å². The molecule has 1 amide bonds. The highest BCUT2D eigenvalue weighted by molar-refractivity contribution is 5.80. The number of carbonyl (C=O) groups is 1. The number of nitrogens with zero attached hydrogens (tertiary/aromatic N) is 1. The van der Waals surface area contributed by atoms with Crippen LogP contribution in [0.2, 0.25) is 0 Å². The number of hydrogen-bond donors (Lipinski definition) is 0. The zero-order valence-electron chi connectivity index (χ0n) is 10.4. The van der Waals surface area contributed by atoms with Crippen molar-refractivity contribution in [3.8, 4) is 0 Å². The molecular weight excluding hydrogens is 210 g/mol. The van der Waals surface area contributed by atoms with Gasteiger partial charge in [0.2, 0.25) is 5.91 Å². The molecule has 17 heavy (non-hydrogen) atoms. The van der Waals surface area contributed by atoms with Crippen LogP contribution < -0.4 is 0 Å². The van der Waals surface area contributed by atoms with Crippen LogP contribution in [0.4, 0.5) is 0 Å². The molecule has 3 rings (SSSR count). The molecule has 0 bridgehead atoms. The Morgan fingerprint density at radius 2 is 2.06 bits per heavy atom. The van der Waals surface area contributed by atoms with Crippen LogP contribution in [0.3, 0.4) is 0 Å². The quantitative estimate of drug-likeness (QED) is 0.725. The van der Waals surface area contributed by atoms with Gasteiger partial charge < -0.3 is 4.90 Å². The highest BCUT2D eigenvalue weighted by Crippen LogP contribution is 2.33. The van der Waals surface area contributed by atoms with Gasteiger partial charge in [-0.1, -0.05) is 37.6 Å². The zero-order valence-corrected chi connectivity index (χ0v) is 10.4. The lowest BCUT2D eigenvalue weighted by molar-refractivity contribution is -0.139. The number of amides is 1. The average Bonchev–Trinajstić information content (AvgIpc) is 2.26. The van der Waals surface area contributed by atoms with Crippen molar-refractivity contribution in [2.75, 3.05) is 6.54 Å². The maximum Gasteiger partial charge on any atom is 0.225 e. The summed E-state index contributed by atoms with van der Waals surface area (Å²) in [6.45, 7) is 3.93. The summed E-state index contributed by atoms with van der Waals surface area (Å²) in [5.41, 5.74) is 2.75. The Morgan fingerprint density at radius 1 is 1.29 bits per heavy atom. The fourth-order valence-electron chi connectivity index (χ4n) is 2.94. The van der Waals surface area contributed by atoms with Crippen LogP contribution >= 0.6 is 0 Å². The first-order valence-electron chi connectivity index (χ1n) is 6.62. The van der Waals surface area contributed by atoms with Gasteiger partial charge in [0.25, 0.3) is 0 Å². The Kier molecular flexibility index (Phi) is 2.65. The number of hydrogen-bond acceptors (Lipinski definition) is 1. The van der Waals surface area contributed by atoms with Crippen molar-refractivity contribution in [3.63, 3.8) is 0 Å². The lowest BCUT2D eigenvalue weighted by Gasteiger charge is -2.37. The molecule has 1 aromatic rings. The molecule has 1 aliphatic heterocycles. The molecule has 90 valence electrons. The molecule has 1 aliphatic carbocycles. The first-order chi connectivity index (χ1) is 8.25. The minimum absolute atomic E-state index is 0.326. The van der Waals surface area contributed by atoms with E-state index in [-0.39, 0.29) is 0 Å². The summed E-state index contributed by atoms with van der Waals surface area (Å²) in [6.07, 6.45) is 3.44. The molecule has 1 unspecified atom stereocenters. The topological polar surface area (TPSA) is 20.3 Å². The molecule has 1 heterocycles. The second kappa shape index (κ2) is 4.17. The first kappa shape index (κ1) is 10.8. The largest absolute Gasteiger partial charge is 0.338 e. The van der Waals surface area contributed by atoms with E-state index in [0.29, 0.717) is 17.7 Å². The minimum Gasteiger partial charge on any atom is -0.338 e. The predicted molar refractivity (Wildman–Crippen MR) is 67.6 cm³/mol. The monoisotopic (exact) mass is 229 g/mol. The summed E-state index contributed by atoms with van der Waals surface area (Å²) in [5, 5.41) is 0. The third-order valence-corrected chi connectivity index (χ3v) is 4.21. The van der Waals surface area contributed by atoms with Crippen molar-refractivity contribution in [3.05, 3.63) is 35.4 Å². The van der Waals surface area contributed by atoms with Crippen LogP contribution in [0.1, 0.15) is 43.2 Å². The van der Waals surface area contributed by atoms with Crippen LogP contribution in [0.5, 0.6) is 0 Å². The van der Waals surface area contributed by atoms with Crippen molar-refractivity contribution in [2.24, 2.45) is 5.92 Å². The van der Waals surface area contributed by atoms with Crippen LogP contribution in [0, 0.1) is 5.92 Å². The maximum absolute atomic E-state index is 12.3. The van der Waals surface area contributed by atoms with Crippen LogP contribution in [0.25, 0.3) is 0 Å². The summed E-state index contributed by atoms with van der Waals surface area (Å²) >= 11 is 0. The molecule has 0 saturated heterocycles. The Bertz CT molecular complexity index is 436. The van der Waals surface area contributed by atoms with E-state index < -0.39 is 0 Å². The molecule has 1 saturated carbocycles. The van der Waals surface area contributed by atoms with Gasteiger partial charge in [0.15, 0.2) is 0 Å². The first-order valence-corrected chi connectivity index (χ1v) is 6.62. The molecule has 2 nitrogen and oxygen atoms in total. The molecular formula is C15H19NO. The molecule has 0 spiro atoms. The van der Waals surface area contributed by atoms with Crippen molar-refractivity contribution >= 4 is 5.91 Å². The summed E-state index contributed by atoms with van der Waals surface area (Å²) < 4.78 is 0. The molecule has 1 atom stereocenters. The van der Waals surface area contributed by atoms with Crippen LogP contribution in [-0.2, 0) is 11.3 Å². The zero-order chi connectivity index (χ0) is 11.8. The molecule has 2 aliphatic rings. The lowest BCUT2D eigenvalue weighted by Crippen LogP contribution is -2.42. The molecule has 0 aromatic heterocycles. The molecule has 2 heteroatoms. The summed E-state index contributed by atoms with van der Waals surface area (Å²) in [7, 11) is 0. The van der Waals surface area contributed by atoms with Crippen molar-refractivity contribution in [1.82, 2.24) is 4.90 Å². The normalized spacial score (nSPS) is 24.1. The van der Waals surface area contributed by atoms with E-state index in [0.717, 1.165) is 25.9 Å². The summed E-state index contributed by atoms with van der Waals surface area (Å²) in [4.78, 5) is 14.3. The second-order valence-electron chi connectivity index (χ2n) is 5.45. The van der Waals surface area contributed by atoms with Crippen molar-refractivity contribution < 1.29 is 4.79 Å². The third-order valence-electron chi connectivity index (χ3n) is 4.21. The van der Waals surface area contributed by atoms with Crippen LogP contribution in [-0.4, -0.2) is 17.4 Å². The van der Waals surface area contributed by atoms with E-state index in [4.69, 9.17) is 0 Å². The fourth-order valence-corrected chi connectivity index (χ4v) is 2.94. The van der Waals surface area contributed by atoms with Gasteiger partial charge in [-0.25, -0.2) is 0 Å². The average molecular weight is 229 g/mol. The van der Waals surface area contributed by atoms with Gasteiger partial charge in [0, 0.05) is 19.0 Å². The summed E-state index contributed by atoms with van der Waals surface area (Å²) in [6, 6.07) is 8.53. The SMILES string of the molecule is CC1CN(C(=O)C2CCC2)Cc2ccccc21. The van der Waals surface area contributed by atoms with Gasteiger partial charge >= 0.3 is 0 Å². The van der Waals surface area contributed by atoms with Crippen molar-refractivity contribution in [2.45, 2.75) is 38.6 Å². The summed E-state index contributed by atoms with van der Waals surface area (Å²) in [5.74, 6) is 1.19. The third kappa shape index (κ3) is 1.86. The fraction of sp³-hybridized carbons (Fsp3) is 0.533. The van der Waals surface area contributed by atoms with Gasteiger partial charge in [0.1, 0.15) is 0 Å². The van der Waals surface area contributed by atoms with E-state index in [1.54, 1.807) is 0 Å². The van der Waals surface area contributed by atoms with E-state index in [1.165, 1.54) is 17.5 Å². The smallest absolute Gasteiger partial charge is 0.225 e. The van der Waals surface area contributed by atoms with E-state index in [9.17, 15) is 4.79 Å².